The summed E-state index contributed by atoms with van der Waals surface area (Å²) in [4.78, 5) is 2.37. The van der Waals surface area contributed by atoms with E-state index < -0.39 is 0 Å². The van der Waals surface area contributed by atoms with E-state index in [9.17, 15) is 0 Å². The minimum Gasteiger partial charge on any atom is -0.347 e. The first kappa shape index (κ1) is 10.6. The first-order chi connectivity index (χ1) is 6.70. The van der Waals surface area contributed by atoms with Crippen LogP contribution >= 0.6 is 15.9 Å². The van der Waals surface area contributed by atoms with Crippen molar-refractivity contribution in [2.24, 2.45) is 0 Å². The molecule has 0 aliphatic carbocycles. The van der Waals surface area contributed by atoms with E-state index in [1.807, 2.05) is 0 Å². The lowest BCUT2D eigenvalue weighted by molar-refractivity contribution is -0.184. The molecule has 3 nitrogen and oxygen atoms in total. The lowest BCUT2D eigenvalue weighted by atomic mass is 10.0. The summed E-state index contributed by atoms with van der Waals surface area (Å²) < 4.78 is 12.3. The lowest BCUT2D eigenvalue weighted by Crippen LogP contribution is -2.45. The van der Waals surface area contributed by atoms with Crippen LogP contribution in [0.25, 0.3) is 0 Å². The third-order valence-electron chi connectivity index (χ3n) is 2.83. The molecule has 0 bridgehead atoms. The molecule has 0 unspecified atom stereocenters. The van der Waals surface area contributed by atoms with E-state index >= 15 is 0 Å². The van der Waals surface area contributed by atoms with Crippen molar-refractivity contribution in [3.8, 4) is 0 Å². The summed E-state index contributed by atoms with van der Waals surface area (Å²) in [6.07, 6.45) is 1.96. The van der Waals surface area contributed by atoms with Crippen molar-refractivity contribution >= 4 is 15.9 Å². The zero-order valence-electron chi connectivity index (χ0n) is 8.30. The van der Waals surface area contributed by atoms with Crippen LogP contribution in [-0.2, 0) is 9.47 Å². The quantitative estimate of drug-likeness (QED) is 0.756. The van der Waals surface area contributed by atoms with E-state index in [1.54, 1.807) is 0 Å². The fraction of sp³-hybridized carbons (Fsp3) is 0.800. The molecule has 0 atom stereocenters. The standard InChI is InChI=1S/C10H16BrNO2/c1-9(11)8-12-4-2-10(3-5-12)13-6-7-14-10/h1-8H2. The van der Waals surface area contributed by atoms with E-state index in [2.05, 4.69) is 27.4 Å². The third-order valence-corrected chi connectivity index (χ3v) is 3.08. The highest BCUT2D eigenvalue weighted by atomic mass is 79.9. The molecule has 0 aromatic carbocycles. The molecule has 2 aliphatic rings. The molecule has 2 aliphatic heterocycles. The fourth-order valence-electron chi connectivity index (χ4n) is 2.08. The van der Waals surface area contributed by atoms with Crippen LogP contribution in [0.1, 0.15) is 12.8 Å². The number of piperidine rings is 1. The van der Waals surface area contributed by atoms with E-state index in [0.29, 0.717) is 0 Å². The van der Waals surface area contributed by atoms with Crippen LogP contribution in [0.5, 0.6) is 0 Å². The SMILES string of the molecule is C=C(Br)CN1CCC2(CC1)OCCO2. The monoisotopic (exact) mass is 261 g/mol. The summed E-state index contributed by atoms with van der Waals surface area (Å²) in [6.45, 7) is 8.35. The Morgan fingerprint density at radius 1 is 1.29 bits per heavy atom. The summed E-state index contributed by atoms with van der Waals surface area (Å²) >= 11 is 3.39. The first-order valence-corrected chi connectivity index (χ1v) is 5.83. The minimum absolute atomic E-state index is 0.246. The highest BCUT2D eigenvalue weighted by Crippen LogP contribution is 2.31. The van der Waals surface area contributed by atoms with Gasteiger partial charge in [0.2, 0.25) is 0 Å². The molecular weight excluding hydrogens is 246 g/mol. The minimum atomic E-state index is -0.246. The molecule has 0 aromatic rings. The zero-order chi connectivity index (χ0) is 10.0. The van der Waals surface area contributed by atoms with Crippen molar-refractivity contribution in [3.05, 3.63) is 11.1 Å². The summed E-state index contributed by atoms with van der Waals surface area (Å²) in [7, 11) is 0. The predicted molar refractivity (Wildman–Crippen MR) is 58.4 cm³/mol. The molecule has 2 fully saturated rings. The Morgan fingerprint density at radius 2 is 1.86 bits per heavy atom. The summed E-state index contributed by atoms with van der Waals surface area (Å²) in [5.74, 6) is -0.246. The lowest BCUT2D eigenvalue weighted by Gasteiger charge is -2.37. The fourth-order valence-corrected chi connectivity index (χ4v) is 2.43. The van der Waals surface area contributed by atoms with Gasteiger partial charge >= 0.3 is 0 Å². The third kappa shape index (κ3) is 2.37. The van der Waals surface area contributed by atoms with Crippen LogP contribution in [0.2, 0.25) is 0 Å². The Hall–Kier alpha value is 0.1000. The smallest absolute Gasteiger partial charge is 0.170 e. The van der Waals surface area contributed by atoms with E-state index in [-0.39, 0.29) is 5.79 Å². The average molecular weight is 262 g/mol. The van der Waals surface area contributed by atoms with Crippen molar-refractivity contribution < 1.29 is 9.47 Å². The Kier molecular flexibility index (Phi) is 3.27. The van der Waals surface area contributed by atoms with Crippen molar-refractivity contribution in [3.63, 3.8) is 0 Å². The van der Waals surface area contributed by atoms with Crippen molar-refractivity contribution in [1.82, 2.24) is 4.90 Å². The van der Waals surface area contributed by atoms with Crippen LogP contribution in [0, 0.1) is 0 Å². The maximum Gasteiger partial charge on any atom is 0.170 e. The van der Waals surface area contributed by atoms with Gasteiger partial charge in [0, 0.05) is 37.0 Å². The van der Waals surface area contributed by atoms with Crippen LogP contribution in [-0.4, -0.2) is 43.5 Å². The van der Waals surface area contributed by atoms with Gasteiger partial charge in [-0.15, -0.1) is 0 Å². The molecule has 1 spiro atoms. The Balaban J connectivity index is 1.82. The second kappa shape index (κ2) is 4.31. The van der Waals surface area contributed by atoms with Crippen LogP contribution < -0.4 is 0 Å². The molecule has 0 radical (unpaired) electrons. The average Bonchev–Trinajstić information content (AvgIpc) is 2.58. The molecule has 14 heavy (non-hydrogen) atoms. The molecule has 0 amide bonds. The highest BCUT2D eigenvalue weighted by Gasteiger charge is 2.39. The molecule has 0 N–H and O–H groups in total. The molecule has 0 aromatic heterocycles. The zero-order valence-corrected chi connectivity index (χ0v) is 9.88. The van der Waals surface area contributed by atoms with Gasteiger partial charge in [-0.05, 0) is 0 Å². The van der Waals surface area contributed by atoms with Crippen LogP contribution in [0.15, 0.2) is 11.1 Å². The van der Waals surface area contributed by atoms with Gasteiger partial charge in [-0.3, -0.25) is 4.90 Å². The maximum atomic E-state index is 5.65. The van der Waals surface area contributed by atoms with Crippen molar-refractivity contribution in [2.45, 2.75) is 18.6 Å². The second-order valence-electron chi connectivity index (χ2n) is 3.90. The van der Waals surface area contributed by atoms with E-state index in [4.69, 9.17) is 9.47 Å². The predicted octanol–water partition coefficient (Wildman–Crippen LogP) is 1.73. The van der Waals surface area contributed by atoms with Gasteiger partial charge < -0.3 is 9.47 Å². The van der Waals surface area contributed by atoms with Crippen molar-refractivity contribution in [2.75, 3.05) is 32.8 Å². The van der Waals surface area contributed by atoms with Gasteiger partial charge in [-0.25, -0.2) is 0 Å². The molecular formula is C10H16BrNO2. The van der Waals surface area contributed by atoms with Gasteiger partial charge in [-0.2, -0.15) is 0 Å². The number of hydrogen-bond acceptors (Lipinski definition) is 3. The number of hydrogen-bond donors (Lipinski definition) is 0. The molecule has 2 rings (SSSR count). The van der Waals surface area contributed by atoms with Crippen LogP contribution in [0.4, 0.5) is 0 Å². The number of nitrogens with zero attached hydrogens (tertiary/aromatic N) is 1. The molecule has 2 heterocycles. The van der Waals surface area contributed by atoms with E-state index in [1.165, 1.54) is 0 Å². The molecule has 4 heteroatoms. The first-order valence-electron chi connectivity index (χ1n) is 5.04. The van der Waals surface area contributed by atoms with E-state index in [0.717, 1.165) is 50.2 Å². The second-order valence-corrected chi connectivity index (χ2v) is 5.02. The van der Waals surface area contributed by atoms with Gasteiger partial charge in [-0.1, -0.05) is 22.5 Å². The summed E-state index contributed by atoms with van der Waals surface area (Å²) in [6, 6.07) is 0. The van der Waals surface area contributed by atoms with Crippen LogP contribution in [0.3, 0.4) is 0 Å². The largest absolute Gasteiger partial charge is 0.347 e. The molecule has 0 saturated carbocycles. The number of likely N-dealkylation sites (tertiary alicyclic amines) is 1. The summed E-state index contributed by atoms with van der Waals surface area (Å²) in [5.41, 5.74) is 0. The van der Waals surface area contributed by atoms with Gasteiger partial charge in [0.15, 0.2) is 5.79 Å². The number of ether oxygens (including phenoxy) is 2. The normalized spacial score (nSPS) is 26.9. The molecule has 80 valence electrons. The number of rotatable bonds is 2. The highest BCUT2D eigenvalue weighted by molar-refractivity contribution is 9.11. The van der Waals surface area contributed by atoms with Gasteiger partial charge in [0.05, 0.1) is 13.2 Å². The number of halogens is 1. The van der Waals surface area contributed by atoms with Gasteiger partial charge in [0.25, 0.3) is 0 Å². The van der Waals surface area contributed by atoms with Crippen molar-refractivity contribution in [1.29, 1.82) is 0 Å². The maximum absolute atomic E-state index is 5.65. The summed E-state index contributed by atoms with van der Waals surface area (Å²) in [5, 5.41) is 0. The molecule has 2 saturated heterocycles. The Morgan fingerprint density at radius 3 is 2.36 bits per heavy atom. The Bertz CT molecular complexity index is 216. The Labute approximate surface area is 93.2 Å². The van der Waals surface area contributed by atoms with Gasteiger partial charge in [0.1, 0.15) is 0 Å². The topological polar surface area (TPSA) is 21.7 Å².